The summed E-state index contributed by atoms with van der Waals surface area (Å²) in [4.78, 5) is 11.9. The van der Waals surface area contributed by atoms with Gasteiger partial charge in [-0.25, -0.2) is 0 Å². The van der Waals surface area contributed by atoms with E-state index in [1.807, 2.05) is 24.3 Å². The van der Waals surface area contributed by atoms with Gasteiger partial charge in [0.05, 0.1) is 0 Å². The van der Waals surface area contributed by atoms with E-state index >= 15 is 0 Å². The van der Waals surface area contributed by atoms with Gasteiger partial charge in [0.15, 0.2) is 0 Å². The molecule has 0 spiro atoms. The van der Waals surface area contributed by atoms with E-state index in [1.165, 1.54) is 51.4 Å². The van der Waals surface area contributed by atoms with Gasteiger partial charge in [0.25, 0.3) is 0 Å². The lowest BCUT2D eigenvalue weighted by atomic mass is 10.1. The van der Waals surface area contributed by atoms with Crippen molar-refractivity contribution in [2.45, 2.75) is 90.9 Å². The van der Waals surface area contributed by atoms with Crippen molar-refractivity contribution in [3.05, 3.63) is 29.3 Å². The standard InChI is InChI=1S/C23H34N2O2S/c1-3-5-7-9-11-13-21-24-25-23(28-21)19-15-17-20(18-16-19)27-22(26)14-12-10-8-6-4-2/h15-18H,3-14H2,1-2H3. The largest absolute Gasteiger partial charge is 0.427 e. The number of carbonyl (C=O) groups is 1. The molecule has 28 heavy (non-hydrogen) atoms. The van der Waals surface area contributed by atoms with Crippen LogP contribution in [0.2, 0.25) is 0 Å². The summed E-state index contributed by atoms with van der Waals surface area (Å²) in [5.74, 6) is 0.452. The van der Waals surface area contributed by atoms with E-state index in [-0.39, 0.29) is 5.97 Å². The van der Waals surface area contributed by atoms with Gasteiger partial charge in [0.2, 0.25) is 0 Å². The predicted molar refractivity (Wildman–Crippen MR) is 117 cm³/mol. The van der Waals surface area contributed by atoms with Crippen LogP contribution in [0.1, 0.15) is 89.5 Å². The van der Waals surface area contributed by atoms with Crippen molar-refractivity contribution in [1.82, 2.24) is 10.2 Å². The van der Waals surface area contributed by atoms with Gasteiger partial charge < -0.3 is 4.74 Å². The lowest BCUT2D eigenvalue weighted by molar-refractivity contribution is -0.134. The molecule has 0 N–H and O–H groups in total. The maximum Gasteiger partial charge on any atom is 0.311 e. The Morgan fingerprint density at radius 1 is 0.857 bits per heavy atom. The van der Waals surface area contributed by atoms with Crippen LogP contribution in [0.25, 0.3) is 10.6 Å². The molecule has 0 atom stereocenters. The van der Waals surface area contributed by atoms with E-state index in [0.717, 1.165) is 34.8 Å². The molecule has 0 unspecified atom stereocenters. The zero-order valence-electron chi connectivity index (χ0n) is 17.4. The Bertz CT molecular complexity index is 682. The molecule has 1 heterocycles. The highest BCUT2D eigenvalue weighted by Gasteiger charge is 2.09. The molecule has 2 aromatic rings. The Balaban J connectivity index is 1.75. The topological polar surface area (TPSA) is 52.1 Å². The number of ether oxygens (including phenoxy) is 1. The lowest BCUT2D eigenvalue weighted by Crippen LogP contribution is -2.07. The minimum Gasteiger partial charge on any atom is -0.427 e. The van der Waals surface area contributed by atoms with Crippen molar-refractivity contribution in [1.29, 1.82) is 0 Å². The predicted octanol–water partition coefficient (Wildman–Crippen LogP) is 6.98. The van der Waals surface area contributed by atoms with Crippen LogP contribution in [-0.2, 0) is 11.2 Å². The zero-order valence-corrected chi connectivity index (χ0v) is 18.2. The molecule has 1 aromatic carbocycles. The second-order valence-corrected chi connectivity index (χ2v) is 8.39. The minimum atomic E-state index is -0.148. The summed E-state index contributed by atoms with van der Waals surface area (Å²) in [6.07, 6.45) is 13.5. The smallest absolute Gasteiger partial charge is 0.311 e. The number of hydrogen-bond donors (Lipinski definition) is 0. The monoisotopic (exact) mass is 402 g/mol. The first-order chi connectivity index (χ1) is 13.7. The number of rotatable bonds is 14. The summed E-state index contributed by atoms with van der Waals surface area (Å²) in [5, 5.41) is 10.7. The molecule has 0 aliphatic heterocycles. The average molecular weight is 403 g/mol. The van der Waals surface area contributed by atoms with Crippen molar-refractivity contribution in [3.8, 4) is 16.3 Å². The Kier molecular flexibility index (Phi) is 10.8. The number of hydrogen-bond acceptors (Lipinski definition) is 5. The highest BCUT2D eigenvalue weighted by atomic mass is 32.1. The number of esters is 1. The fourth-order valence-corrected chi connectivity index (χ4v) is 3.96. The fraction of sp³-hybridized carbons (Fsp3) is 0.609. The lowest BCUT2D eigenvalue weighted by Gasteiger charge is -2.05. The molecule has 0 aliphatic carbocycles. The van der Waals surface area contributed by atoms with E-state index in [1.54, 1.807) is 11.3 Å². The van der Waals surface area contributed by atoms with Crippen LogP contribution in [-0.4, -0.2) is 16.2 Å². The number of nitrogens with zero attached hydrogens (tertiary/aromatic N) is 2. The summed E-state index contributed by atoms with van der Waals surface area (Å²) >= 11 is 1.66. The van der Waals surface area contributed by atoms with Gasteiger partial charge in [-0.2, -0.15) is 0 Å². The fourth-order valence-electron chi connectivity index (χ4n) is 3.07. The molecule has 2 rings (SSSR count). The highest BCUT2D eigenvalue weighted by molar-refractivity contribution is 7.14. The second kappa shape index (κ2) is 13.4. The van der Waals surface area contributed by atoms with E-state index < -0.39 is 0 Å². The molecule has 4 nitrogen and oxygen atoms in total. The first kappa shape index (κ1) is 22.5. The highest BCUT2D eigenvalue weighted by Crippen LogP contribution is 2.26. The molecule has 0 aliphatic rings. The molecular formula is C23H34N2O2S. The van der Waals surface area contributed by atoms with Crippen LogP contribution in [0, 0.1) is 0 Å². The van der Waals surface area contributed by atoms with Crippen LogP contribution >= 0.6 is 11.3 Å². The van der Waals surface area contributed by atoms with Gasteiger partial charge in [-0.3, -0.25) is 4.79 Å². The molecule has 0 saturated carbocycles. The molecule has 5 heteroatoms. The summed E-state index contributed by atoms with van der Waals surface area (Å²) in [6, 6.07) is 7.59. The Hall–Kier alpha value is -1.75. The SMILES string of the molecule is CCCCCCCC(=O)Oc1ccc(-c2nnc(CCCCCCC)s2)cc1. The molecule has 0 radical (unpaired) electrons. The van der Waals surface area contributed by atoms with Gasteiger partial charge in [0.1, 0.15) is 15.8 Å². The van der Waals surface area contributed by atoms with Crippen LogP contribution < -0.4 is 4.74 Å². The first-order valence-electron chi connectivity index (χ1n) is 10.9. The van der Waals surface area contributed by atoms with Gasteiger partial charge >= 0.3 is 5.97 Å². The average Bonchev–Trinajstić information content (AvgIpc) is 3.17. The van der Waals surface area contributed by atoms with Crippen LogP contribution in [0.4, 0.5) is 0 Å². The Labute approximate surface area is 173 Å². The van der Waals surface area contributed by atoms with Crippen LogP contribution in [0.3, 0.4) is 0 Å². The molecule has 0 fully saturated rings. The van der Waals surface area contributed by atoms with E-state index in [0.29, 0.717) is 12.2 Å². The number of unbranched alkanes of at least 4 members (excludes halogenated alkanes) is 8. The van der Waals surface area contributed by atoms with Crippen molar-refractivity contribution < 1.29 is 9.53 Å². The Morgan fingerprint density at radius 2 is 1.50 bits per heavy atom. The van der Waals surface area contributed by atoms with Crippen LogP contribution in [0.5, 0.6) is 5.75 Å². The Morgan fingerprint density at radius 3 is 2.18 bits per heavy atom. The quantitative estimate of drug-likeness (QED) is 0.194. The first-order valence-corrected chi connectivity index (χ1v) is 11.7. The summed E-state index contributed by atoms with van der Waals surface area (Å²) in [5.41, 5.74) is 1.02. The molecule has 154 valence electrons. The molecular weight excluding hydrogens is 368 g/mol. The normalized spacial score (nSPS) is 10.9. The van der Waals surface area contributed by atoms with Crippen molar-refractivity contribution in [2.24, 2.45) is 0 Å². The maximum atomic E-state index is 11.9. The van der Waals surface area contributed by atoms with Gasteiger partial charge in [-0.1, -0.05) is 76.6 Å². The summed E-state index contributed by atoms with van der Waals surface area (Å²) in [7, 11) is 0. The van der Waals surface area contributed by atoms with Gasteiger partial charge in [0, 0.05) is 18.4 Å². The zero-order chi connectivity index (χ0) is 20.0. The third-order valence-corrected chi connectivity index (χ3v) is 5.81. The van der Waals surface area contributed by atoms with E-state index in [4.69, 9.17) is 4.74 Å². The third-order valence-electron chi connectivity index (χ3n) is 4.78. The second-order valence-electron chi connectivity index (χ2n) is 7.33. The minimum absolute atomic E-state index is 0.148. The van der Waals surface area contributed by atoms with Gasteiger partial charge in [-0.15, -0.1) is 10.2 Å². The summed E-state index contributed by atoms with van der Waals surface area (Å²) in [6.45, 7) is 4.42. The number of aromatic nitrogens is 2. The number of carbonyl (C=O) groups excluding carboxylic acids is 1. The maximum absolute atomic E-state index is 11.9. The van der Waals surface area contributed by atoms with E-state index in [9.17, 15) is 4.79 Å². The third kappa shape index (κ3) is 8.51. The van der Waals surface area contributed by atoms with Gasteiger partial charge in [-0.05, 0) is 37.1 Å². The molecule has 1 aromatic heterocycles. The number of benzene rings is 1. The molecule has 0 bridgehead atoms. The number of aryl methyl sites for hydroxylation is 1. The van der Waals surface area contributed by atoms with E-state index in [2.05, 4.69) is 24.0 Å². The van der Waals surface area contributed by atoms with Crippen molar-refractivity contribution >= 4 is 17.3 Å². The summed E-state index contributed by atoms with van der Waals surface area (Å²) < 4.78 is 5.43. The molecule has 0 saturated heterocycles. The molecule has 0 amide bonds. The van der Waals surface area contributed by atoms with Crippen LogP contribution in [0.15, 0.2) is 24.3 Å². The van der Waals surface area contributed by atoms with Crippen molar-refractivity contribution in [2.75, 3.05) is 0 Å². The van der Waals surface area contributed by atoms with Crippen molar-refractivity contribution in [3.63, 3.8) is 0 Å².